The lowest BCUT2D eigenvalue weighted by atomic mass is 9.90. The predicted octanol–water partition coefficient (Wildman–Crippen LogP) is 2.83. The highest BCUT2D eigenvalue weighted by Crippen LogP contribution is 2.32. The highest BCUT2D eigenvalue weighted by atomic mass is 79.9. The van der Waals surface area contributed by atoms with Crippen LogP contribution in [0.2, 0.25) is 0 Å². The van der Waals surface area contributed by atoms with E-state index in [9.17, 15) is 9.50 Å². The molecule has 0 aliphatic carbocycles. The summed E-state index contributed by atoms with van der Waals surface area (Å²) in [4.78, 5) is 0. The van der Waals surface area contributed by atoms with Gasteiger partial charge in [-0.15, -0.1) is 0 Å². The number of aliphatic hydroxyl groups is 1. The van der Waals surface area contributed by atoms with Crippen molar-refractivity contribution in [3.05, 3.63) is 34.1 Å². The van der Waals surface area contributed by atoms with Crippen LogP contribution in [0.4, 0.5) is 4.39 Å². The molecule has 5 heteroatoms. The van der Waals surface area contributed by atoms with Crippen molar-refractivity contribution >= 4 is 27.7 Å². The van der Waals surface area contributed by atoms with Crippen molar-refractivity contribution < 1.29 is 14.2 Å². The van der Waals surface area contributed by atoms with Crippen LogP contribution in [0.25, 0.3) is 0 Å². The minimum Gasteiger partial charge on any atom is -0.396 e. The van der Waals surface area contributed by atoms with Gasteiger partial charge in [-0.2, -0.15) is 11.8 Å². The third kappa shape index (κ3) is 3.22. The maximum Gasteiger partial charge on any atom is 0.137 e. The van der Waals surface area contributed by atoms with Crippen LogP contribution in [-0.4, -0.2) is 30.7 Å². The van der Waals surface area contributed by atoms with Gasteiger partial charge in [-0.3, -0.25) is 0 Å². The van der Waals surface area contributed by atoms with Crippen LogP contribution >= 0.6 is 27.7 Å². The monoisotopic (exact) mass is 320 g/mol. The Morgan fingerprint density at radius 2 is 2.24 bits per heavy atom. The van der Waals surface area contributed by atoms with Gasteiger partial charge >= 0.3 is 0 Å². The van der Waals surface area contributed by atoms with Gasteiger partial charge in [-0.25, -0.2) is 4.39 Å². The molecular weight excluding hydrogens is 307 g/mol. The van der Waals surface area contributed by atoms with Gasteiger partial charge in [0.2, 0.25) is 0 Å². The van der Waals surface area contributed by atoms with Crippen molar-refractivity contribution in [1.29, 1.82) is 0 Å². The zero-order valence-corrected chi connectivity index (χ0v) is 11.7. The first-order valence-electron chi connectivity index (χ1n) is 5.35. The number of halogens is 2. The summed E-state index contributed by atoms with van der Waals surface area (Å²) in [5.74, 6) is 1.37. The second-order valence-corrected chi connectivity index (χ2v) is 6.23. The molecule has 0 atom stereocenters. The highest BCUT2D eigenvalue weighted by Gasteiger charge is 2.37. The quantitative estimate of drug-likeness (QED) is 0.904. The van der Waals surface area contributed by atoms with Crippen LogP contribution in [0.5, 0.6) is 0 Å². The van der Waals surface area contributed by atoms with Gasteiger partial charge < -0.3 is 9.84 Å². The van der Waals surface area contributed by atoms with Crippen molar-refractivity contribution in [2.75, 3.05) is 25.6 Å². The lowest BCUT2D eigenvalue weighted by Gasteiger charge is -2.39. The molecule has 1 aliphatic rings. The molecule has 0 radical (unpaired) electrons. The Labute approximate surface area is 113 Å². The Morgan fingerprint density at radius 1 is 1.47 bits per heavy atom. The van der Waals surface area contributed by atoms with Crippen LogP contribution in [0, 0.1) is 11.2 Å². The van der Waals surface area contributed by atoms with Crippen molar-refractivity contribution in [3.8, 4) is 0 Å². The summed E-state index contributed by atoms with van der Waals surface area (Å²) in [6.07, 6.45) is 0. The van der Waals surface area contributed by atoms with E-state index in [-0.39, 0.29) is 17.8 Å². The molecule has 94 valence electrons. The van der Waals surface area contributed by atoms with E-state index in [1.807, 2.05) is 6.07 Å². The molecule has 0 spiro atoms. The summed E-state index contributed by atoms with van der Waals surface area (Å²) in [6, 6.07) is 5.17. The average molecular weight is 321 g/mol. The first-order valence-corrected chi connectivity index (χ1v) is 7.30. The molecule has 0 saturated carbocycles. The molecule has 0 unspecified atom stereocenters. The van der Waals surface area contributed by atoms with Gasteiger partial charge in [-0.05, 0) is 33.6 Å². The minimum absolute atomic E-state index is 0.0709. The minimum atomic E-state index is -0.230. The molecule has 1 aromatic carbocycles. The molecule has 17 heavy (non-hydrogen) atoms. The van der Waals surface area contributed by atoms with Gasteiger partial charge in [0.15, 0.2) is 0 Å². The normalized spacial score (nSPS) is 17.8. The molecule has 1 aliphatic heterocycles. The van der Waals surface area contributed by atoms with Crippen molar-refractivity contribution in [1.82, 2.24) is 0 Å². The fourth-order valence-corrected chi connectivity index (χ4v) is 3.08. The number of hydrogen-bond donors (Lipinski definition) is 1. The van der Waals surface area contributed by atoms with E-state index in [2.05, 4.69) is 15.9 Å². The maximum atomic E-state index is 13.3. The van der Waals surface area contributed by atoms with Crippen LogP contribution in [0.1, 0.15) is 5.56 Å². The SMILES string of the molecule is OCC1(CSCc2ccc(Br)c(F)c2)COC1. The predicted molar refractivity (Wildman–Crippen MR) is 70.6 cm³/mol. The molecule has 0 aromatic heterocycles. The molecule has 2 rings (SSSR count). The fourth-order valence-electron chi connectivity index (χ4n) is 1.63. The first kappa shape index (κ1) is 13.3. The standard InChI is InChI=1S/C12H14BrFO2S/c13-10-2-1-9(3-11(10)14)4-17-8-12(5-15)6-16-7-12/h1-3,15H,4-8H2. The van der Waals surface area contributed by atoms with E-state index in [1.165, 1.54) is 0 Å². The average Bonchev–Trinajstić information content (AvgIpc) is 2.27. The molecule has 0 bridgehead atoms. The number of benzene rings is 1. The largest absolute Gasteiger partial charge is 0.396 e. The zero-order valence-electron chi connectivity index (χ0n) is 9.29. The Morgan fingerprint density at radius 3 is 2.76 bits per heavy atom. The van der Waals surface area contributed by atoms with Gasteiger partial charge in [0.25, 0.3) is 0 Å². The van der Waals surface area contributed by atoms with Crippen molar-refractivity contribution in [3.63, 3.8) is 0 Å². The number of thioether (sulfide) groups is 1. The van der Waals surface area contributed by atoms with Gasteiger partial charge in [-0.1, -0.05) is 6.07 Å². The Hall–Kier alpha value is -0.100. The van der Waals surface area contributed by atoms with E-state index in [0.717, 1.165) is 17.1 Å². The second-order valence-electron chi connectivity index (χ2n) is 4.39. The van der Waals surface area contributed by atoms with Crippen LogP contribution < -0.4 is 0 Å². The third-order valence-electron chi connectivity index (χ3n) is 2.81. The topological polar surface area (TPSA) is 29.5 Å². The molecule has 1 heterocycles. The van der Waals surface area contributed by atoms with E-state index in [1.54, 1.807) is 23.9 Å². The van der Waals surface area contributed by atoms with E-state index >= 15 is 0 Å². The summed E-state index contributed by atoms with van der Waals surface area (Å²) in [5.41, 5.74) is 0.891. The number of aliphatic hydroxyl groups excluding tert-OH is 1. The van der Waals surface area contributed by atoms with Gasteiger partial charge in [0.05, 0.1) is 24.3 Å². The van der Waals surface area contributed by atoms with E-state index < -0.39 is 0 Å². The number of hydrogen-bond acceptors (Lipinski definition) is 3. The number of rotatable bonds is 5. The Kier molecular flexibility index (Phi) is 4.47. The van der Waals surface area contributed by atoms with Crippen molar-refractivity contribution in [2.24, 2.45) is 5.41 Å². The third-order valence-corrected chi connectivity index (χ3v) is 4.81. The summed E-state index contributed by atoms with van der Waals surface area (Å²) in [6.45, 7) is 1.42. The molecule has 0 amide bonds. The van der Waals surface area contributed by atoms with Crippen LogP contribution in [0.15, 0.2) is 22.7 Å². The fraction of sp³-hybridized carbons (Fsp3) is 0.500. The number of ether oxygens (including phenoxy) is 1. The molecular formula is C12H14BrFO2S. The first-order chi connectivity index (χ1) is 8.15. The molecule has 2 nitrogen and oxygen atoms in total. The molecule has 1 aromatic rings. The molecule has 1 saturated heterocycles. The summed E-state index contributed by atoms with van der Waals surface area (Å²) in [7, 11) is 0. The van der Waals surface area contributed by atoms with Crippen LogP contribution in [0.3, 0.4) is 0 Å². The summed E-state index contributed by atoms with van der Waals surface area (Å²) in [5, 5.41) is 9.25. The van der Waals surface area contributed by atoms with Gasteiger partial charge in [0.1, 0.15) is 5.82 Å². The second kappa shape index (κ2) is 5.69. The summed E-state index contributed by atoms with van der Waals surface area (Å²) >= 11 is 4.84. The molecule has 1 N–H and O–H groups in total. The Balaban J connectivity index is 1.83. The Bertz CT molecular complexity index is 391. The zero-order chi connectivity index (χ0) is 12.3. The van der Waals surface area contributed by atoms with Crippen molar-refractivity contribution in [2.45, 2.75) is 5.75 Å². The maximum absolute atomic E-state index is 13.3. The van der Waals surface area contributed by atoms with Crippen LogP contribution in [-0.2, 0) is 10.5 Å². The smallest absolute Gasteiger partial charge is 0.137 e. The van der Waals surface area contributed by atoms with E-state index in [4.69, 9.17) is 4.74 Å². The van der Waals surface area contributed by atoms with E-state index in [0.29, 0.717) is 17.7 Å². The molecule has 1 fully saturated rings. The lowest BCUT2D eigenvalue weighted by molar-refractivity contribution is -0.121. The highest BCUT2D eigenvalue weighted by molar-refractivity contribution is 9.10. The summed E-state index contributed by atoms with van der Waals surface area (Å²) < 4.78 is 18.9. The van der Waals surface area contributed by atoms with Gasteiger partial charge in [0, 0.05) is 16.9 Å². The lowest BCUT2D eigenvalue weighted by Crippen LogP contribution is -2.47.